The molecule has 0 aliphatic heterocycles. The molecule has 0 radical (unpaired) electrons. The van der Waals surface area contributed by atoms with E-state index in [1.807, 2.05) is 0 Å². The molecule has 0 spiro atoms. The van der Waals surface area contributed by atoms with E-state index in [1.54, 1.807) is 12.1 Å². The molecule has 1 N–H and O–H groups in total. The van der Waals surface area contributed by atoms with Crippen molar-refractivity contribution in [3.63, 3.8) is 0 Å². The number of nitrogens with one attached hydrogen (secondary N) is 1. The number of aromatic nitrogens is 2. The molecular weight excluding hydrogens is 213 g/mol. The highest BCUT2D eigenvalue weighted by Crippen LogP contribution is 2.02. The molecule has 1 heterocycles. The molecule has 2 aromatic rings. The number of hydrogen-bond acceptors (Lipinski definition) is 4. The molecule has 6 heteroatoms. The van der Waals surface area contributed by atoms with Crippen LogP contribution in [0.4, 0.5) is 4.39 Å². The Balaban J connectivity index is 1.93. The first kappa shape index (κ1) is 10.3. The Morgan fingerprint density at radius 3 is 2.75 bits per heavy atom. The molecule has 0 atom stereocenters. The maximum absolute atomic E-state index is 12.6. The molecule has 1 amide bonds. The van der Waals surface area contributed by atoms with Crippen molar-refractivity contribution in [1.29, 1.82) is 0 Å². The number of hydrogen-bond donors (Lipinski definition) is 1. The lowest BCUT2D eigenvalue weighted by molar-refractivity contribution is 0.0941. The third kappa shape index (κ3) is 2.41. The molecule has 5 nitrogen and oxygen atoms in total. The standard InChI is InChI=1S/C10H8FN3O2/c11-8-3-1-7(2-4-8)5-12-10(15)9-6-13-16-14-9/h1-4,6H,5H2,(H,12,15). The Bertz CT molecular complexity index is 467. The van der Waals surface area contributed by atoms with Crippen molar-refractivity contribution in [2.75, 3.05) is 0 Å². The minimum Gasteiger partial charge on any atom is -0.346 e. The van der Waals surface area contributed by atoms with Crippen molar-refractivity contribution < 1.29 is 13.8 Å². The summed E-state index contributed by atoms with van der Waals surface area (Å²) in [5, 5.41) is 9.29. The van der Waals surface area contributed by atoms with E-state index < -0.39 is 0 Å². The monoisotopic (exact) mass is 221 g/mol. The fraction of sp³-hybridized carbons (Fsp3) is 0.100. The van der Waals surface area contributed by atoms with E-state index in [1.165, 1.54) is 18.3 Å². The lowest BCUT2D eigenvalue weighted by atomic mass is 10.2. The summed E-state index contributed by atoms with van der Waals surface area (Å²) < 4.78 is 16.9. The van der Waals surface area contributed by atoms with Crippen LogP contribution in [0, 0.1) is 5.82 Å². The van der Waals surface area contributed by atoms with Crippen molar-refractivity contribution in [1.82, 2.24) is 15.6 Å². The minimum atomic E-state index is -0.384. The van der Waals surface area contributed by atoms with Gasteiger partial charge in [0.1, 0.15) is 12.0 Å². The number of rotatable bonds is 3. The summed E-state index contributed by atoms with van der Waals surface area (Å²) in [5.74, 6) is -0.693. The van der Waals surface area contributed by atoms with Crippen molar-refractivity contribution in [2.45, 2.75) is 6.54 Å². The van der Waals surface area contributed by atoms with E-state index in [2.05, 4.69) is 20.3 Å². The highest BCUT2D eigenvalue weighted by molar-refractivity contribution is 5.91. The Morgan fingerprint density at radius 2 is 2.12 bits per heavy atom. The van der Waals surface area contributed by atoms with Crippen LogP contribution in [-0.2, 0) is 6.54 Å². The molecule has 0 saturated carbocycles. The topological polar surface area (TPSA) is 68.0 Å². The van der Waals surface area contributed by atoms with E-state index in [0.29, 0.717) is 6.54 Å². The molecule has 1 aromatic heterocycles. The maximum atomic E-state index is 12.6. The lowest BCUT2D eigenvalue weighted by Crippen LogP contribution is -2.23. The lowest BCUT2D eigenvalue weighted by Gasteiger charge is -2.02. The summed E-state index contributed by atoms with van der Waals surface area (Å²) in [6, 6.07) is 5.85. The van der Waals surface area contributed by atoms with Crippen LogP contribution < -0.4 is 5.32 Å². The summed E-state index contributed by atoms with van der Waals surface area (Å²) in [4.78, 5) is 11.4. The molecule has 0 bridgehead atoms. The maximum Gasteiger partial charge on any atom is 0.275 e. The largest absolute Gasteiger partial charge is 0.346 e. The number of benzene rings is 1. The first-order valence-corrected chi connectivity index (χ1v) is 4.56. The van der Waals surface area contributed by atoms with Gasteiger partial charge in [0, 0.05) is 6.54 Å². The molecule has 82 valence electrons. The Labute approximate surface area is 90.2 Å². The van der Waals surface area contributed by atoms with Gasteiger partial charge in [-0.15, -0.1) is 0 Å². The molecule has 0 aliphatic carbocycles. The molecule has 16 heavy (non-hydrogen) atoms. The Kier molecular flexibility index (Phi) is 2.90. The molecule has 0 unspecified atom stereocenters. The first-order valence-electron chi connectivity index (χ1n) is 4.56. The van der Waals surface area contributed by atoms with Gasteiger partial charge in [0.2, 0.25) is 0 Å². The van der Waals surface area contributed by atoms with Gasteiger partial charge in [-0.1, -0.05) is 17.3 Å². The molecule has 2 rings (SSSR count). The summed E-state index contributed by atoms with van der Waals surface area (Å²) in [6.45, 7) is 0.298. The van der Waals surface area contributed by atoms with Crippen LogP contribution in [0.15, 0.2) is 35.1 Å². The van der Waals surface area contributed by atoms with Gasteiger partial charge in [-0.05, 0) is 22.9 Å². The summed E-state index contributed by atoms with van der Waals surface area (Å²) in [5.41, 5.74) is 0.910. The van der Waals surface area contributed by atoms with Crippen molar-refractivity contribution in [2.24, 2.45) is 0 Å². The predicted octanol–water partition coefficient (Wildman–Crippen LogP) is 1.14. The zero-order valence-electron chi connectivity index (χ0n) is 8.18. The third-order valence-corrected chi connectivity index (χ3v) is 1.96. The summed E-state index contributed by atoms with van der Waals surface area (Å²) in [7, 11) is 0. The second-order valence-electron chi connectivity index (χ2n) is 3.10. The van der Waals surface area contributed by atoms with Gasteiger partial charge >= 0.3 is 0 Å². The van der Waals surface area contributed by atoms with Crippen LogP contribution in [0.3, 0.4) is 0 Å². The van der Waals surface area contributed by atoms with E-state index in [9.17, 15) is 9.18 Å². The van der Waals surface area contributed by atoms with Crippen LogP contribution in [-0.4, -0.2) is 16.2 Å². The van der Waals surface area contributed by atoms with Crippen LogP contribution in [0.5, 0.6) is 0 Å². The van der Waals surface area contributed by atoms with Gasteiger partial charge < -0.3 is 5.32 Å². The van der Waals surface area contributed by atoms with E-state index >= 15 is 0 Å². The van der Waals surface area contributed by atoms with Gasteiger partial charge in [0.05, 0.1) is 0 Å². The second-order valence-corrected chi connectivity index (χ2v) is 3.10. The first-order chi connectivity index (χ1) is 7.75. The number of amides is 1. The normalized spacial score (nSPS) is 10.1. The van der Waals surface area contributed by atoms with Crippen molar-refractivity contribution in [3.8, 4) is 0 Å². The third-order valence-electron chi connectivity index (χ3n) is 1.96. The minimum absolute atomic E-state index is 0.113. The van der Waals surface area contributed by atoms with Crippen molar-refractivity contribution in [3.05, 3.63) is 47.5 Å². The van der Waals surface area contributed by atoms with Gasteiger partial charge in [-0.2, -0.15) is 0 Å². The number of carbonyl (C=O) groups is 1. The zero-order chi connectivity index (χ0) is 11.4. The van der Waals surface area contributed by atoms with Crippen molar-refractivity contribution >= 4 is 5.91 Å². The molecule has 0 fully saturated rings. The summed E-state index contributed by atoms with van der Waals surface area (Å²) >= 11 is 0. The predicted molar refractivity (Wildman–Crippen MR) is 51.9 cm³/mol. The quantitative estimate of drug-likeness (QED) is 0.843. The SMILES string of the molecule is O=C(NCc1ccc(F)cc1)c1cnon1. The van der Waals surface area contributed by atoms with E-state index in [4.69, 9.17) is 0 Å². The highest BCUT2D eigenvalue weighted by atomic mass is 19.1. The molecule has 0 saturated heterocycles. The molecule has 0 aliphatic rings. The van der Waals surface area contributed by atoms with Gasteiger partial charge in [-0.25, -0.2) is 9.02 Å². The Morgan fingerprint density at radius 1 is 1.38 bits per heavy atom. The van der Waals surface area contributed by atoms with Crippen LogP contribution in [0.1, 0.15) is 16.1 Å². The average molecular weight is 221 g/mol. The zero-order valence-corrected chi connectivity index (χ0v) is 8.18. The van der Waals surface area contributed by atoms with Crippen LogP contribution in [0.2, 0.25) is 0 Å². The average Bonchev–Trinajstić information content (AvgIpc) is 2.81. The number of halogens is 1. The number of nitrogens with zero attached hydrogens (tertiary/aromatic N) is 2. The molecule has 1 aromatic carbocycles. The fourth-order valence-electron chi connectivity index (χ4n) is 1.14. The highest BCUT2D eigenvalue weighted by Gasteiger charge is 2.08. The Hall–Kier alpha value is -2.24. The fourth-order valence-corrected chi connectivity index (χ4v) is 1.14. The smallest absolute Gasteiger partial charge is 0.275 e. The molecular formula is C10H8FN3O2. The van der Waals surface area contributed by atoms with Gasteiger partial charge in [0.15, 0.2) is 5.69 Å². The van der Waals surface area contributed by atoms with E-state index in [0.717, 1.165) is 5.56 Å². The van der Waals surface area contributed by atoms with E-state index in [-0.39, 0.29) is 17.4 Å². The summed E-state index contributed by atoms with van der Waals surface area (Å²) in [6.07, 6.45) is 1.22. The second kappa shape index (κ2) is 4.52. The van der Waals surface area contributed by atoms with Crippen LogP contribution >= 0.6 is 0 Å². The van der Waals surface area contributed by atoms with Gasteiger partial charge in [-0.3, -0.25) is 4.79 Å². The number of carbonyl (C=O) groups excluding carboxylic acids is 1. The van der Waals surface area contributed by atoms with Crippen LogP contribution in [0.25, 0.3) is 0 Å². The van der Waals surface area contributed by atoms with Gasteiger partial charge in [0.25, 0.3) is 5.91 Å².